The number of nitrogens with two attached hydrogens (primary N) is 1. The van der Waals surface area contributed by atoms with Crippen molar-refractivity contribution >= 4 is 27.5 Å². The molecule has 0 spiro atoms. The van der Waals surface area contributed by atoms with Gasteiger partial charge in [-0.1, -0.05) is 15.9 Å². The minimum atomic E-state index is -1.03. The predicted molar refractivity (Wildman–Crippen MR) is 61.0 cm³/mol. The molecule has 0 aliphatic rings. The highest BCUT2D eigenvalue weighted by Crippen LogP contribution is 2.19. The highest BCUT2D eigenvalue weighted by molar-refractivity contribution is 9.10. The first kappa shape index (κ1) is 12.1. The standard InChI is InChI=1S/C10H12BrFN2O/c1-10(2,13)9(15)14-8-4-3-6(11)5-7(8)12/h3-5H,13H2,1-2H3,(H,14,15). The van der Waals surface area contributed by atoms with Crippen molar-refractivity contribution in [3.8, 4) is 0 Å². The highest BCUT2D eigenvalue weighted by Gasteiger charge is 2.22. The first-order valence-electron chi connectivity index (χ1n) is 4.36. The van der Waals surface area contributed by atoms with E-state index < -0.39 is 17.3 Å². The molecular weight excluding hydrogens is 263 g/mol. The number of carbonyl (C=O) groups is 1. The summed E-state index contributed by atoms with van der Waals surface area (Å²) in [5.41, 5.74) is 4.66. The van der Waals surface area contributed by atoms with Crippen LogP contribution in [0.4, 0.5) is 10.1 Å². The summed E-state index contributed by atoms with van der Waals surface area (Å²) in [4.78, 5) is 11.5. The molecule has 0 radical (unpaired) electrons. The van der Waals surface area contributed by atoms with E-state index in [1.807, 2.05) is 0 Å². The number of hydrogen-bond acceptors (Lipinski definition) is 2. The van der Waals surface area contributed by atoms with Crippen molar-refractivity contribution in [2.24, 2.45) is 5.73 Å². The fraction of sp³-hybridized carbons (Fsp3) is 0.300. The van der Waals surface area contributed by atoms with Crippen LogP contribution in [0.3, 0.4) is 0 Å². The minimum absolute atomic E-state index is 0.127. The Morgan fingerprint density at radius 3 is 2.60 bits per heavy atom. The topological polar surface area (TPSA) is 55.1 Å². The highest BCUT2D eigenvalue weighted by atomic mass is 79.9. The van der Waals surface area contributed by atoms with Crippen LogP contribution < -0.4 is 11.1 Å². The lowest BCUT2D eigenvalue weighted by Gasteiger charge is -2.18. The van der Waals surface area contributed by atoms with Gasteiger partial charge in [-0.2, -0.15) is 0 Å². The molecule has 0 heterocycles. The van der Waals surface area contributed by atoms with Crippen molar-refractivity contribution in [1.29, 1.82) is 0 Å². The van der Waals surface area contributed by atoms with Gasteiger partial charge in [0.15, 0.2) is 0 Å². The molecule has 0 saturated heterocycles. The molecule has 5 heteroatoms. The van der Waals surface area contributed by atoms with Crippen LogP contribution in [0.1, 0.15) is 13.8 Å². The van der Waals surface area contributed by atoms with Gasteiger partial charge in [-0.05, 0) is 32.0 Å². The molecule has 0 aliphatic carbocycles. The fourth-order valence-electron chi connectivity index (χ4n) is 0.874. The van der Waals surface area contributed by atoms with Crippen LogP contribution in [-0.4, -0.2) is 11.4 Å². The average Bonchev–Trinajstić information content (AvgIpc) is 2.08. The zero-order chi connectivity index (χ0) is 11.6. The summed E-state index contributed by atoms with van der Waals surface area (Å²) in [5, 5.41) is 2.42. The van der Waals surface area contributed by atoms with Crippen LogP contribution in [0, 0.1) is 5.82 Å². The maximum Gasteiger partial charge on any atom is 0.243 e. The van der Waals surface area contributed by atoms with Gasteiger partial charge in [0, 0.05) is 4.47 Å². The van der Waals surface area contributed by atoms with Gasteiger partial charge < -0.3 is 11.1 Å². The average molecular weight is 275 g/mol. The summed E-state index contributed by atoms with van der Waals surface area (Å²) in [6, 6.07) is 4.39. The van der Waals surface area contributed by atoms with Gasteiger partial charge in [0.05, 0.1) is 11.2 Å². The number of carbonyl (C=O) groups excluding carboxylic acids is 1. The van der Waals surface area contributed by atoms with Crippen LogP contribution in [0.2, 0.25) is 0 Å². The molecule has 0 saturated carbocycles. The molecule has 0 fully saturated rings. The van der Waals surface area contributed by atoms with E-state index in [2.05, 4.69) is 21.2 Å². The SMILES string of the molecule is CC(C)(N)C(=O)Nc1ccc(Br)cc1F. The Morgan fingerprint density at radius 2 is 2.13 bits per heavy atom. The normalized spacial score (nSPS) is 11.3. The summed E-state index contributed by atoms with van der Waals surface area (Å²) in [6.07, 6.45) is 0. The van der Waals surface area contributed by atoms with Crippen LogP contribution in [-0.2, 0) is 4.79 Å². The van der Waals surface area contributed by atoms with E-state index in [1.165, 1.54) is 12.1 Å². The lowest BCUT2D eigenvalue weighted by molar-refractivity contribution is -0.120. The van der Waals surface area contributed by atoms with E-state index in [-0.39, 0.29) is 5.69 Å². The third kappa shape index (κ3) is 3.28. The molecule has 0 bridgehead atoms. The second-order valence-electron chi connectivity index (χ2n) is 3.80. The van der Waals surface area contributed by atoms with Crippen LogP contribution in [0.15, 0.2) is 22.7 Å². The molecule has 82 valence electrons. The Labute approximate surface area is 96.0 Å². The smallest absolute Gasteiger partial charge is 0.243 e. The molecule has 15 heavy (non-hydrogen) atoms. The molecular formula is C10H12BrFN2O. The molecule has 0 aliphatic heterocycles. The third-order valence-corrected chi connectivity index (χ3v) is 2.26. The first-order valence-corrected chi connectivity index (χ1v) is 5.15. The monoisotopic (exact) mass is 274 g/mol. The number of rotatable bonds is 2. The zero-order valence-corrected chi connectivity index (χ0v) is 10.1. The van der Waals surface area contributed by atoms with Crippen molar-refractivity contribution in [1.82, 2.24) is 0 Å². The number of hydrogen-bond donors (Lipinski definition) is 2. The quantitative estimate of drug-likeness (QED) is 0.869. The third-order valence-electron chi connectivity index (χ3n) is 1.76. The number of halogens is 2. The Hall–Kier alpha value is -0.940. The molecule has 1 rings (SSSR count). The van der Waals surface area contributed by atoms with Crippen molar-refractivity contribution in [2.45, 2.75) is 19.4 Å². The van der Waals surface area contributed by atoms with Crippen LogP contribution in [0.5, 0.6) is 0 Å². The Bertz CT molecular complexity index is 387. The van der Waals surface area contributed by atoms with Crippen LogP contribution in [0.25, 0.3) is 0 Å². The van der Waals surface area contributed by atoms with Crippen molar-refractivity contribution in [2.75, 3.05) is 5.32 Å². The van der Waals surface area contributed by atoms with E-state index in [1.54, 1.807) is 19.9 Å². The van der Waals surface area contributed by atoms with Gasteiger partial charge in [-0.25, -0.2) is 4.39 Å². The molecule has 0 unspecified atom stereocenters. The van der Waals surface area contributed by atoms with E-state index in [0.29, 0.717) is 4.47 Å². The lowest BCUT2D eigenvalue weighted by Crippen LogP contribution is -2.45. The number of benzene rings is 1. The molecule has 0 atom stereocenters. The maximum absolute atomic E-state index is 13.3. The summed E-state index contributed by atoms with van der Waals surface area (Å²) in [7, 11) is 0. The summed E-state index contributed by atoms with van der Waals surface area (Å²) in [5.74, 6) is -0.925. The number of nitrogens with one attached hydrogen (secondary N) is 1. The Balaban J connectivity index is 2.87. The summed E-state index contributed by atoms with van der Waals surface area (Å²) in [6.45, 7) is 3.11. The van der Waals surface area contributed by atoms with Gasteiger partial charge in [0.2, 0.25) is 5.91 Å². The van der Waals surface area contributed by atoms with Gasteiger partial charge >= 0.3 is 0 Å². The predicted octanol–water partition coefficient (Wildman–Crippen LogP) is 2.26. The molecule has 1 amide bonds. The van der Waals surface area contributed by atoms with Gasteiger partial charge in [-0.15, -0.1) is 0 Å². The Kier molecular flexibility index (Phi) is 3.46. The van der Waals surface area contributed by atoms with Gasteiger partial charge in [0.25, 0.3) is 0 Å². The minimum Gasteiger partial charge on any atom is -0.322 e. The van der Waals surface area contributed by atoms with Crippen LogP contribution >= 0.6 is 15.9 Å². The second-order valence-corrected chi connectivity index (χ2v) is 4.72. The molecule has 3 N–H and O–H groups in total. The first-order chi connectivity index (χ1) is 6.80. The Morgan fingerprint density at radius 1 is 1.53 bits per heavy atom. The summed E-state index contributed by atoms with van der Waals surface area (Å²) < 4.78 is 13.9. The second kappa shape index (κ2) is 4.28. The molecule has 1 aromatic carbocycles. The lowest BCUT2D eigenvalue weighted by atomic mass is 10.1. The summed E-state index contributed by atoms with van der Waals surface area (Å²) >= 11 is 3.12. The van der Waals surface area contributed by atoms with Crippen molar-refractivity contribution in [3.05, 3.63) is 28.5 Å². The largest absolute Gasteiger partial charge is 0.322 e. The fourth-order valence-corrected chi connectivity index (χ4v) is 1.21. The molecule has 3 nitrogen and oxygen atoms in total. The van der Waals surface area contributed by atoms with E-state index in [0.717, 1.165) is 0 Å². The van der Waals surface area contributed by atoms with Crippen molar-refractivity contribution < 1.29 is 9.18 Å². The maximum atomic E-state index is 13.3. The van der Waals surface area contributed by atoms with E-state index in [4.69, 9.17) is 5.73 Å². The number of anilines is 1. The molecule has 0 aromatic heterocycles. The van der Waals surface area contributed by atoms with Gasteiger partial charge in [-0.3, -0.25) is 4.79 Å². The molecule has 1 aromatic rings. The van der Waals surface area contributed by atoms with E-state index >= 15 is 0 Å². The zero-order valence-electron chi connectivity index (χ0n) is 8.47. The number of amides is 1. The van der Waals surface area contributed by atoms with Gasteiger partial charge in [0.1, 0.15) is 5.82 Å². The van der Waals surface area contributed by atoms with E-state index in [9.17, 15) is 9.18 Å². The van der Waals surface area contributed by atoms with Crippen molar-refractivity contribution in [3.63, 3.8) is 0 Å².